The maximum atomic E-state index is 12.4. The summed E-state index contributed by atoms with van der Waals surface area (Å²) in [6.45, 7) is 1.62. The maximum absolute atomic E-state index is 12.4. The summed E-state index contributed by atoms with van der Waals surface area (Å²) in [5.74, 6) is 0.589. The molecule has 2 heterocycles. The number of benzene rings is 2. The monoisotopic (exact) mass is 431 g/mol. The van der Waals surface area contributed by atoms with E-state index in [1.54, 1.807) is 43.5 Å². The zero-order valence-electron chi connectivity index (χ0n) is 17.5. The number of carbonyl (C=O) groups excluding carboxylic acids is 1. The van der Waals surface area contributed by atoms with Gasteiger partial charge in [-0.1, -0.05) is 18.2 Å². The number of fused-ring (bicyclic) bond motifs is 1. The third-order valence-corrected chi connectivity index (χ3v) is 5.09. The number of aromatic amines is 1. The number of nitrogens with one attached hydrogen (secondary N) is 2. The van der Waals surface area contributed by atoms with E-state index in [0.29, 0.717) is 34.2 Å². The Morgan fingerprint density at radius 3 is 2.75 bits per heavy atom. The van der Waals surface area contributed by atoms with Gasteiger partial charge in [0.25, 0.3) is 5.91 Å². The van der Waals surface area contributed by atoms with Crippen molar-refractivity contribution >= 4 is 11.6 Å². The average Bonchev–Trinajstić information content (AvgIpc) is 3.17. The first-order valence-corrected chi connectivity index (χ1v) is 9.80. The van der Waals surface area contributed by atoms with Gasteiger partial charge in [0.05, 0.1) is 13.0 Å². The van der Waals surface area contributed by atoms with E-state index in [9.17, 15) is 10.1 Å². The lowest BCUT2D eigenvalue weighted by molar-refractivity contribution is -0.118. The number of nitrogens with two attached hydrogens (primary N) is 1. The van der Waals surface area contributed by atoms with Crippen molar-refractivity contribution in [3.8, 4) is 23.4 Å². The van der Waals surface area contributed by atoms with E-state index in [1.807, 2.05) is 19.1 Å². The first-order chi connectivity index (χ1) is 15.5. The van der Waals surface area contributed by atoms with Crippen molar-refractivity contribution in [3.63, 3.8) is 0 Å². The van der Waals surface area contributed by atoms with Crippen LogP contribution in [0.15, 0.2) is 60.0 Å². The number of aromatic nitrogens is 2. The molecule has 9 heteroatoms. The van der Waals surface area contributed by atoms with Gasteiger partial charge in [0, 0.05) is 22.5 Å². The number of hydrogen-bond donors (Lipinski definition) is 3. The number of rotatable bonds is 6. The minimum absolute atomic E-state index is 0.0106. The van der Waals surface area contributed by atoms with Crippen molar-refractivity contribution < 1.29 is 19.0 Å². The zero-order chi connectivity index (χ0) is 22.7. The summed E-state index contributed by atoms with van der Waals surface area (Å²) in [6, 6.07) is 16.3. The first-order valence-electron chi connectivity index (χ1n) is 9.80. The van der Waals surface area contributed by atoms with Crippen molar-refractivity contribution in [1.82, 2.24) is 10.2 Å². The van der Waals surface area contributed by atoms with E-state index in [-0.39, 0.29) is 24.0 Å². The first kappa shape index (κ1) is 20.8. The molecule has 0 aliphatic carbocycles. The molecule has 1 amide bonds. The van der Waals surface area contributed by atoms with Gasteiger partial charge in [0.2, 0.25) is 11.8 Å². The second-order valence-corrected chi connectivity index (χ2v) is 7.10. The van der Waals surface area contributed by atoms with Crippen LogP contribution in [0.4, 0.5) is 5.69 Å². The molecule has 0 bridgehead atoms. The van der Waals surface area contributed by atoms with Gasteiger partial charge in [-0.25, -0.2) is 0 Å². The van der Waals surface area contributed by atoms with E-state index in [4.69, 9.17) is 19.9 Å². The normalized spacial score (nSPS) is 14.7. The highest BCUT2D eigenvalue weighted by atomic mass is 16.5. The summed E-state index contributed by atoms with van der Waals surface area (Å²) < 4.78 is 16.5. The van der Waals surface area contributed by atoms with Crippen LogP contribution in [0.5, 0.6) is 17.4 Å². The van der Waals surface area contributed by atoms with Gasteiger partial charge in [0.15, 0.2) is 6.61 Å². The number of ether oxygens (including phenoxy) is 3. The standard InChI is InChI=1S/C23H21N5O4/c1-13-20-21(17(11-24)22(25)32-23(20)28-27-13)16-5-3-4-6-18(16)31-12-19(29)26-14-7-9-15(30-2)10-8-14/h3-10,21H,12,25H2,1-2H3,(H,26,29)(H,27,28)/t21-/m0/s1. The number of allylic oxidation sites excluding steroid dienone is 1. The van der Waals surface area contributed by atoms with Crippen molar-refractivity contribution in [2.45, 2.75) is 12.8 Å². The fourth-order valence-corrected chi connectivity index (χ4v) is 3.57. The van der Waals surface area contributed by atoms with Gasteiger partial charge in [0.1, 0.15) is 23.1 Å². The summed E-state index contributed by atoms with van der Waals surface area (Å²) in [4.78, 5) is 12.4. The third-order valence-electron chi connectivity index (χ3n) is 5.09. The van der Waals surface area contributed by atoms with Crippen molar-refractivity contribution in [3.05, 3.63) is 76.8 Å². The van der Waals surface area contributed by atoms with E-state index in [2.05, 4.69) is 21.6 Å². The highest BCUT2D eigenvalue weighted by Crippen LogP contribution is 2.45. The Morgan fingerprint density at radius 2 is 2.03 bits per heavy atom. The van der Waals surface area contributed by atoms with Gasteiger partial charge >= 0.3 is 0 Å². The third kappa shape index (κ3) is 3.94. The molecule has 4 rings (SSSR count). The quantitative estimate of drug-likeness (QED) is 0.546. The molecular weight excluding hydrogens is 410 g/mol. The minimum Gasteiger partial charge on any atom is -0.497 e. The van der Waals surface area contributed by atoms with E-state index < -0.39 is 5.92 Å². The second kappa shape index (κ2) is 8.73. The number of para-hydroxylation sites is 1. The molecule has 162 valence electrons. The Hall–Kier alpha value is -4.45. The zero-order valence-corrected chi connectivity index (χ0v) is 17.5. The minimum atomic E-state index is -0.539. The maximum Gasteiger partial charge on any atom is 0.262 e. The average molecular weight is 431 g/mol. The van der Waals surface area contributed by atoms with Crippen molar-refractivity contribution in [1.29, 1.82) is 5.26 Å². The number of anilines is 1. The topological polar surface area (TPSA) is 135 Å². The molecular formula is C23H21N5O4. The van der Waals surface area contributed by atoms with Gasteiger partial charge in [-0.05, 0) is 37.3 Å². The fraction of sp³-hybridized carbons (Fsp3) is 0.174. The molecule has 3 aromatic rings. The molecule has 0 saturated carbocycles. The van der Waals surface area contributed by atoms with Crippen LogP contribution in [0, 0.1) is 18.3 Å². The van der Waals surface area contributed by atoms with Crippen LogP contribution in [0.3, 0.4) is 0 Å². The van der Waals surface area contributed by atoms with Crippen LogP contribution >= 0.6 is 0 Å². The molecule has 1 aromatic heterocycles. The van der Waals surface area contributed by atoms with E-state index in [1.165, 1.54) is 0 Å². The molecule has 1 aliphatic heterocycles. The van der Waals surface area contributed by atoms with Crippen LogP contribution < -0.4 is 25.3 Å². The highest BCUT2D eigenvalue weighted by molar-refractivity contribution is 5.91. The Kier molecular flexibility index (Phi) is 5.68. The largest absolute Gasteiger partial charge is 0.497 e. The Balaban J connectivity index is 1.57. The number of H-pyrrole nitrogens is 1. The van der Waals surface area contributed by atoms with E-state index in [0.717, 1.165) is 5.69 Å². The fourth-order valence-electron chi connectivity index (χ4n) is 3.57. The van der Waals surface area contributed by atoms with E-state index >= 15 is 0 Å². The van der Waals surface area contributed by atoms with Gasteiger partial charge in [-0.2, -0.15) is 5.26 Å². The number of aryl methyl sites for hydroxylation is 1. The summed E-state index contributed by atoms with van der Waals surface area (Å²) in [5, 5.41) is 19.5. The molecule has 1 atom stereocenters. The van der Waals surface area contributed by atoms with Crippen molar-refractivity contribution in [2.75, 3.05) is 19.0 Å². The summed E-state index contributed by atoms with van der Waals surface area (Å²) in [6.07, 6.45) is 0. The molecule has 0 saturated heterocycles. The molecule has 0 fully saturated rings. The lowest BCUT2D eigenvalue weighted by Gasteiger charge is -2.25. The number of nitrogens with zero attached hydrogens (tertiary/aromatic N) is 2. The highest BCUT2D eigenvalue weighted by Gasteiger charge is 2.35. The van der Waals surface area contributed by atoms with Crippen molar-refractivity contribution in [2.24, 2.45) is 5.73 Å². The van der Waals surface area contributed by atoms with Crippen LogP contribution in [-0.2, 0) is 4.79 Å². The number of methoxy groups -OCH3 is 1. The molecule has 0 unspecified atom stereocenters. The number of carbonyl (C=O) groups is 1. The van der Waals surface area contributed by atoms with Gasteiger partial charge in [-0.15, -0.1) is 5.10 Å². The number of nitriles is 1. The van der Waals surface area contributed by atoms with Crippen LogP contribution in [0.1, 0.15) is 22.7 Å². The predicted molar refractivity (Wildman–Crippen MR) is 116 cm³/mol. The SMILES string of the molecule is COc1ccc(NC(=O)COc2ccccc2[C@H]2C(C#N)=C(N)Oc3n[nH]c(C)c32)cc1. The lowest BCUT2D eigenvalue weighted by atomic mass is 9.83. The Labute approximate surface area is 184 Å². The van der Waals surface area contributed by atoms with Crippen LogP contribution in [-0.4, -0.2) is 29.8 Å². The molecule has 2 aromatic carbocycles. The van der Waals surface area contributed by atoms with Crippen LogP contribution in [0.25, 0.3) is 0 Å². The molecule has 0 radical (unpaired) electrons. The smallest absolute Gasteiger partial charge is 0.262 e. The predicted octanol–water partition coefficient (Wildman–Crippen LogP) is 2.96. The number of hydrogen-bond acceptors (Lipinski definition) is 7. The van der Waals surface area contributed by atoms with Gasteiger partial charge < -0.3 is 25.3 Å². The summed E-state index contributed by atoms with van der Waals surface area (Å²) in [5.41, 5.74) is 8.99. The molecule has 0 spiro atoms. The second-order valence-electron chi connectivity index (χ2n) is 7.10. The van der Waals surface area contributed by atoms with Crippen LogP contribution in [0.2, 0.25) is 0 Å². The lowest BCUT2D eigenvalue weighted by Crippen LogP contribution is -2.23. The molecule has 4 N–H and O–H groups in total. The Morgan fingerprint density at radius 1 is 1.28 bits per heavy atom. The summed E-state index contributed by atoms with van der Waals surface area (Å²) in [7, 11) is 1.58. The molecule has 32 heavy (non-hydrogen) atoms. The number of amides is 1. The van der Waals surface area contributed by atoms with Gasteiger partial charge in [-0.3, -0.25) is 9.89 Å². The summed E-state index contributed by atoms with van der Waals surface area (Å²) >= 11 is 0. The molecule has 1 aliphatic rings. The Bertz CT molecular complexity index is 1220. The molecule has 9 nitrogen and oxygen atoms in total.